The van der Waals surface area contributed by atoms with Crippen molar-refractivity contribution in [1.82, 2.24) is 15.6 Å². The molecule has 4 nitrogen and oxygen atoms in total. The van der Waals surface area contributed by atoms with Gasteiger partial charge in [0.1, 0.15) is 0 Å². The Hall–Kier alpha value is -1.42. The molecule has 0 aliphatic carbocycles. The Morgan fingerprint density at radius 1 is 1.36 bits per heavy atom. The van der Waals surface area contributed by atoms with Crippen molar-refractivity contribution in [3.8, 4) is 0 Å². The third-order valence-electron chi connectivity index (χ3n) is 1.83. The molecular weight excluding hydrogens is 178 g/mol. The van der Waals surface area contributed by atoms with Crippen LogP contribution in [-0.4, -0.2) is 31.0 Å². The quantitative estimate of drug-likeness (QED) is 0.666. The van der Waals surface area contributed by atoms with Gasteiger partial charge in [-0.05, 0) is 32.1 Å². The summed E-state index contributed by atoms with van der Waals surface area (Å²) in [6.45, 7) is 1.61. The van der Waals surface area contributed by atoms with Gasteiger partial charge in [-0.3, -0.25) is 9.78 Å². The molecule has 1 aromatic rings. The predicted octanol–water partition coefficient (Wildman–Crippen LogP) is 0.421. The molecule has 0 saturated heterocycles. The lowest BCUT2D eigenvalue weighted by Gasteiger charge is -2.04. The highest BCUT2D eigenvalue weighted by atomic mass is 16.1. The molecule has 76 valence electrons. The summed E-state index contributed by atoms with van der Waals surface area (Å²) in [7, 11) is 1.89. The van der Waals surface area contributed by atoms with Gasteiger partial charge in [0.25, 0.3) is 5.91 Å². The monoisotopic (exact) mass is 193 g/mol. The second-order valence-corrected chi connectivity index (χ2v) is 2.95. The van der Waals surface area contributed by atoms with E-state index in [1.807, 2.05) is 7.05 Å². The third-order valence-corrected chi connectivity index (χ3v) is 1.83. The topological polar surface area (TPSA) is 54.0 Å². The Morgan fingerprint density at radius 3 is 2.71 bits per heavy atom. The average molecular weight is 193 g/mol. The van der Waals surface area contributed by atoms with Crippen molar-refractivity contribution in [1.29, 1.82) is 0 Å². The Bertz CT molecular complexity index is 274. The van der Waals surface area contributed by atoms with Crippen LogP contribution in [0.5, 0.6) is 0 Å². The minimum Gasteiger partial charge on any atom is -0.352 e. The standard InChI is InChI=1S/C10H15N3O/c1-11-5-2-6-13-10(14)9-3-7-12-8-4-9/h3-4,7-8,11H,2,5-6H2,1H3,(H,13,14). The zero-order chi connectivity index (χ0) is 10.2. The summed E-state index contributed by atoms with van der Waals surface area (Å²) in [5.41, 5.74) is 0.657. The molecule has 1 heterocycles. The normalized spacial score (nSPS) is 9.79. The van der Waals surface area contributed by atoms with E-state index >= 15 is 0 Å². The van der Waals surface area contributed by atoms with Gasteiger partial charge in [-0.1, -0.05) is 0 Å². The Kier molecular flexibility index (Phi) is 4.64. The number of hydrogen-bond acceptors (Lipinski definition) is 3. The number of pyridine rings is 1. The predicted molar refractivity (Wildman–Crippen MR) is 55.1 cm³/mol. The first-order valence-electron chi connectivity index (χ1n) is 4.67. The van der Waals surface area contributed by atoms with Crippen molar-refractivity contribution >= 4 is 5.91 Å². The summed E-state index contributed by atoms with van der Waals surface area (Å²) in [5, 5.41) is 5.85. The van der Waals surface area contributed by atoms with Crippen molar-refractivity contribution in [3.63, 3.8) is 0 Å². The largest absolute Gasteiger partial charge is 0.352 e. The summed E-state index contributed by atoms with van der Waals surface area (Å²) in [6.07, 6.45) is 4.17. The van der Waals surface area contributed by atoms with Gasteiger partial charge in [0.05, 0.1) is 0 Å². The highest BCUT2D eigenvalue weighted by Crippen LogP contribution is 1.94. The van der Waals surface area contributed by atoms with E-state index in [-0.39, 0.29) is 5.91 Å². The number of nitrogens with zero attached hydrogens (tertiary/aromatic N) is 1. The smallest absolute Gasteiger partial charge is 0.251 e. The number of carbonyl (C=O) groups excluding carboxylic acids is 1. The van der Waals surface area contributed by atoms with Crippen LogP contribution in [0.3, 0.4) is 0 Å². The summed E-state index contributed by atoms with van der Waals surface area (Å²) >= 11 is 0. The summed E-state index contributed by atoms with van der Waals surface area (Å²) in [4.78, 5) is 15.3. The van der Waals surface area contributed by atoms with E-state index in [0.29, 0.717) is 12.1 Å². The van der Waals surface area contributed by atoms with Crippen LogP contribution >= 0.6 is 0 Å². The zero-order valence-corrected chi connectivity index (χ0v) is 8.29. The first-order valence-corrected chi connectivity index (χ1v) is 4.67. The van der Waals surface area contributed by atoms with Crippen molar-refractivity contribution in [3.05, 3.63) is 30.1 Å². The average Bonchev–Trinajstić information content (AvgIpc) is 2.25. The van der Waals surface area contributed by atoms with Gasteiger partial charge >= 0.3 is 0 Å². The molecule has 4 heteroatoms. The minimum absolute atomic E-state index is 0.0384. The fourth-order valence-corrected chi connectivity index (χ4v) is 1.07. The molecule has 0 fully saturated rings. The van der Waals surface area contributed by atoms with E-state index < -0.39 is 0 Å². The molecule has 1 rings (SSSR count). The summed E-state index contributed by atoms with van der Waals surface area (Å²) < 4.78 is 0. The van der Waals surface area contributed by atoms with Crippen molar-refractivity contribution < 1.29 is 4.79 Å². The molecule has 0 unspecified atom stereocenters. The first-order chi connectivity index (χ1) is 6.84. The molecule has 0 aliphatic rings. The highest BCUT2D eigenvalue weighted by molar-refractivity contribution is 5.93. The lowest BCUT2D eigenvalue weighted by atomic mass is 10.2. The van der Waals surface area contributed by atoms with Crippen LogP contribution < -0.4 is 10.6 Å². The number of hydrogen-bond donors (Lipinski definition) is 2. The molecule has 0 radical (unpaired) electrons. The van der Waals surface area contributed by atoms with Crippen LogP contribution in [0.15, 0.2) is 24.5 Å². The highest BCUT2D eigenvalue weighted by Gasteiger charge is 2.02. The van der Waals surface area contributed by atoms with E-state index in [1.165, 1.54) is 0 Å². The number of amides is 1. The third kappa shape index (κ3) is 3.53. The fraction of sp³-hybridized carbons (Fsp3) is 0.400. The second-order valence-electron chi connectivity index (χ2n) is 2.95. The van der Waals surface area contributed by atoms with Crippen LogP contribution in [0.1, 0.15) is 16.8 Å². The van der Waals surface area contributed by atoms with E-state index in [1.54, 1.807) is 24.5 Å². The lowest BCUT2D eigenvalue weighted by Crippen LogP contribution is -2.26. The van der Waals surface area contributed by atoms with Gasteiger partial charge in [0.15, 0.2) is 0 Å². The number of aromatic nitrogens is 1. The van der Waals surface area contributed by atoms with E-state index in [2.05, 4.69) is 15.6 Å². The molecule has 0 spiro atoms. The molecule has 0 aliphatic heterocycles. The van der Waals surface area contributed by atoms with Gasteiger partial charge in [0.2, 0.25) is 0 Å². The van der Waals surface area contributed by atoms with Crippen LogP contribution in [-0.2, 0) is 0 Å². The van der Waals surface area contributed by atoms with Gasteiger partial charge in [-0.2, -0.15) is 0 Å². The van der Waals surface area contributed by atoms with Crippen LogP contribution in [0.25, 0.3) is 0 Å². The number of nitrogens with one attached hydrogen (secondary N) is 2. The maximum Gasteiger partial charge on any atom is 0.251 e. The first kappa shape index (κ1) is 10.7. The molecule has 0 saturated carbocycles. The molecule has 2 N–H and O–H groups in total. The molecule has 14 heavy (non-hydrogen) atoms. The minimum atomic E-state index is -0.0384. The van der Waals surface area contributed by atoms with E-state index in [4.69, 9.17) is 0 Å². The summed E-state index contributed by atoms with van der Waals surface area (Å²) in [5.74, 6) is -0.0384. The molecule has 0 aromatic carbocycles. The number of carbonyl (C=O) groups is 1. The van der Waals surface area contributed by atoms with Crippen molar-refractivity contribution in [2.75, 3.05) is 20.1 Å². The van der Waals surface area contributed by atoms with Crippen LogP contribution in [0, 0.1) is 0 Å². The second kappa shape index (κ2) is 6.10. The van der Waals surface area contributed by atoms with Crippen molar-refractivity contribution in [2.45, 2.75) is 6.42 Å². The number of rotatable bonds is 5. The SMILES string of the molecule is CNCCCNC(=O)c1ccncc1. The molecule has 1 amide bonds. The molecule has 1 aromatic heterocycles. The molecule has 0 atom stereocenters. The van der Waals surface area contributed by atoms with Gasteiger partial charge in [-0.15, -0.1) is 0 Å². The van der Waals surface area contributed by atoms with E-state index in [0.717, 1.165) is 13.0 Å². The maximum absolute atomic E-state index is 11.4. The molecular formula is C10H15N3O. The Balaban J connectivity index is 2.29. The summed E-state index contributed by atoms with van der Waals surface area (Å²) in [6, 6.07) is 3.40. The van der Waals surface area contributed by atoms with Crippen molar-refractivity contribution in [2.24, 2.45) is 0 Å². The van der Waals surface area contributed by atoms with Crippen LogP contribution in [0.2, 0.25) is 0 Å². The van der Waals surface area contributed by atoms with Crippen LogP contribution in [0.4, 0.5) is 0 Å². The Morgan fingerprint density at radius 2 is 2.07 bits per heavy atom. The fourth-order valence-electron chi connectivity index (χ4n) is 1.07. The lowest BCUT2D eigenvalue weighted by molar-refractivity contribution is 0.0953. The van der Waals surface area contributed by atoms with Gasteiger partial charge < -0.3 is 10.6 Å². The van der Waals surface area contributed by atoms with Gasteiger partial charge in [0, 0.05) is 24.5 Å². The van der Waals surface area contributed by atoms with Gasteiger partial charge in [-0.25, -0.2) is 0 Å². The zero-order valence-electron chi connectivity index (χ0n) is 8.29. The Labute approximate surface area is 83.7 Å². The molecule has 0 bridgehead atoms. The van der Waals surface area contributed by atoms with E-state index in [9.17, 15) is 4.79 Å². The maximum atomic E-state index is 11.4.